The van der Waals surface area contributed by atoms with Crippen LogP contribution >= 0.6 is 0 Å². The number of hydrogen-bond donors (Lipinski definition) is 0. The highest BCUT2D eigenvalue weighted by molar-refractivity contribution is 5.80. The summed E-state index contributed by atoms with van der Waals surface area (Å²) in [6.07, 6.45) is 1.94. The third kappa shape index (κ3) is 4.11. The number of amides is 1. The summed E-state index contributed by atoms with van der Waals surface area (Å²) in [6.45, 7) is 2.47. The van der Waals surface area contributed by atoms with Crippen molar-refractivity contribution in [2.45, 2.75) is 6.42 Å². The van der Waals surface area contributed by atoms with Gasteiger partial charge in [0, 0.05) is 37.9 Å². The van der Waals surface area contributed by atoms with Crippen LogP contribution in [0.4, 0.5) is 5.82 Å². The summed E-state index contributed by atoms with van der Waals surface area (Å²) in [5.41, 5.74) is 1.36. The summed E-state index contributed by atoms with van der Waals surface area (Å²) in [5.74, 6) is 2.10. The number of hydrogen-bond acceptors (Lipinski definition) is 6. The molecule has 3 rings (SSSR count). The summed E-state index contributed by atoms with van der Waals surface area (Å²) < 4.78 is 10.6. The van der Waals surface area contributed by atoms with Gasteiger partial charge in [-0.05, 0) is 30.3 Å². The number of rotatable bonds is 5. The van der Waals surface area contributed by atoms with Crippen molar-refractivity contribution < 1.29 is 14.3 Å². The molecule has 27 heavy (non-hydrogen) atoms. The van der Waals surface area contributed by atoms with Gasteiger partial charge in [-0.2, -0.15) is 5.26 Å². The molecule has 2 aromatic rings. The second-order valence-electron chi connectivity index (χ2n) is 6.21. The predicted octanol–water partition coefficient (Wildman–Crippen LogP) is 1.86. The van der Waals surface area contributed by atoms with Crippen molar-refractivity contribution in [2.75, 3.05) is 45.3 Å². The molecule has 1 saturated heterocycles. The Balaban J connectivity index is 1.65. The Morgan fingerprint density at radius 1 is 1.19 bits per heavy atom. The third-order valence-corrected chi connectivity index (χ3v) is 4.67. The third-order valence-electron chi connectivity index (χ3n) is 4.67. The van der Waals surface area contributed by atoms with Gasteiger partial charge in [0.25, 0.3) is 0 Å². The molecular formula is C20H22N4O3. The maximum atomic E-state index is 12.7. The zero-order chi connectivity index (χ0) is 19.2. The fraction of sp³-hybridized carbons (Fsp3) is 0.350. The van der Waals surface area contributed by atoms with Gasteiger partial charge in [0.15, 0.2) is 0 Å². The molecule has 1 fully saturated rings. The van der Waals surface area contributed by atoms with Gasteiger partial charge in [0.1, 0.15) is 23.4 Å². The van der Waals surface area contributed by atoms with Gasteiger partial charge in [0.2, 0.25) is 5.91 Å². The predicted molar refractivity (Wildman–Crippen MR) is 101 cm³/mol. The van der Waals surface area contributed by atoms with Crippen LogP contribution in [0.1, 0.15) is 11.1 Å². The van der Waals surface area contributed by atoms with E-state index in [1.807, 2.05) is 23.1 Å². The summed E-state index contributed by atoms with van der Waals surface area (Å²) >= 11 is 0. The number of carbonyl (C=O) groups excluding carboxylic acids is 1. The Hall–Kier alpha value is -3.27. The first-order valence-corrected chi connectivity index (χ1v) is 8.75. The number of anilines is 1. The fourth-order valence-electron chi connectivity index (χ4n) is 3.20. The molecule has 7 nitrogen and oxygen atoms in total. The molecule has 0 spiro atoms. The lowest BCUT2D eigenvalue weighted by molar-refractivity contribution is -0.130. The number of pyridine rings is 1. The SMILES string of the molecule is COc1ccc(OC)c(CC(=O)N2CCN(c3ncccc3C#N)CC2)c1. The van der Waals surface area contributed by atoms with Crippen LogP contribution in [-0.4, -0.2) is 56.2 Å². The molecule has 0 N–H and O–H groups in total. The molecule has 0 bridgehead atoms. The smallest absolute Gasteiger partial charge is 0.227 e. The van der Waals surface area contributed by atoms with Gasteiger partial charge < -0.3 is 19.3 Å². The Labute approximate surface area is 158 Å². The van der Waals surface area contributed by atoms with Crippen LogP contribution in [0, 0.1) is 11.3 Å². The first kappa shape index (κ1) is 18.5. The van der Waals surface area contributed by atoms with E-state index in [0.29, 0.717) is 49.1 Å². The Kier molecular flexibility index (Phi) is 5.77. The molecule has 1 aromatic heterocycles. The molecule has 1 aromatic carbocycles. The normalized spacial score (nSPS) is 13.8. The molecule has 0 aliphatic carbocycles. The van der Waals surface area contributed by atoms with Crippen LogP contribution in [0.3, 0.4) is 0 Å². The highest BCUT2D eigenvalue weighted by Gasteiger charge is 2.24. The average molecular weight is 366 g/mol. The fourth-order valence-corrected chi connectivity index (χ4v) is 3.20. The largest absolute Gasteiger partial charge is 0.497 e. The molecule has 0 unspecified atom stereocenters. The molecular weight excluding hydrogens is 344 g/mol. The topological polar surface area (TPSA) is 78.7 Å². The van der Waals surface area contributed by atoms with E-state index in [0.717, 1.165) is 5.56 Å². The van der Waals surface area contributed by atoms with E-state index < -0.39 is 0 Å². The minimum Gasteiger partial charge on any atom is -0.497 e. The quantitative estimate of drug-likeness (QED) is 0.804. The van der Waals surface area contributed by atoms with Crippen molar-refractivity contribution in [3.63, 3.8) is 0 Å². The van der Waals surface area contributed by atoms with Crippen LogP contribution in [0.15, 0.2) is 36.5 Å². The van der Waals surface area contributed by atoms with E-state index in [9.17, 15) is 10.1 Å². The number of nitrogens with zero attached hydrogens (tertiary/aromatic N) is 4. The second kappa shape index (κ2) is 8.41. The first-order valence-electron chi connectivity index (χ1n) is 8.75. The first-order chi connectivity index (χ1) is 13.2. The Bertz CT molecular complexity index is 855. The van der Waals surface area contributed by atoms with Crippen LogP contribution in [0.5, 0.6) is 11.5 Å². The van der Waals surface area contributed by atoms with Crippen LogP contribution < -0.4 is 14.4 Å². The lowest BCUT2D eigenvalue weighted by Gasteiger charge is -2.35. The van der Waals surface area contributed by atoms with Crippen LogP contribution in [0.25, 0.3) is 0 Å². The van der Waals surface area contributed by atoms with Gasteiger partial charge in [-0.1, -0.05) is 0 Å². The van der Waals surface area contributed by atoms with Gasteiger partial charge >= 0.3 is 0 Å². The van der Waals surface area contributed by atoms with E-state index in [1.54, 1.807) is 32.5 Å². The molecule has 7 heteroatoms. The maximum absolute atomic E-state index is 12.7. The second-order valence-corrected chi connectivity index (χ2v) is 6.21. The van der Waals surface area contributed by atoms with E-state index in [-0.39, 0.29) is 12.3 Å². The van der Waals surface area contributed by atoms with Gasteiger partial charge in [0.05, 0.1) is 26.2 Å². The number of aromatic nitrogens is 1. The van der Waals surface area contributed by atoms with Crippen molar-refractivity contribution in [1.82, 2.24) is 9.88 Å². The van der Waals surface area contributed by atoms with Crippen molar-refractivity contribution in [3.05, 3.63) is 47.7 Å². The molecule has 0 saturated carbocycles. The molecule has 2 heterocycles. The summed E-state index contributed by atoms with van der Waals surface area (Å²) in [6, 6.07) is 11.1. The molecule has 140 valence electrons. The maximum Gasteiger partial charge on any atom is 0.227 e. The van der Waals surface area contributed by atoms with Gasteiger partial charge in [-0.15, -0.1) is 0 Å². The number of nitriles is 1. The lowest BCUT2D eigenvalue weighted by Crippen LogP contribution is -2.49. The summed E-state index contributed by atoms with van der Waals surface area (Å²) in [4.78, 5) is 21.0. The molecule has 1 aliphatic rings. The van der Waals surface area contributed by atoms with Crippen LogP contribution in [0.2, 0.25) is 0 Å². The van der Waals surface area contributed by atoms with E-state index in [2.05, 4.69) is 16.0 Å². The monoisotopic (exact) mass is 366 g/mol. The highest BCUT2D eigenvalue weighted by Crippen LogP contribution is 2.25. The standard InChI is InChI=1S/C20H22N4O3/c1-26-17-5-6-18(27-2)16(12-17)13-19(25)23-8-10-24(11-9-23)20-15(14-21)4-3-7-22-20/h3-7,12H,8-11,13H2,1-2H3. The lowest BCUT2D eigenvalue weighted by atomic mass is 10.1. The number of ether oxygens (including phenoxy) is 2. The minimum atomic E-state index is 0.0442. The Morgan fingerprint density at radius 2 is 1.96 bits per heavy atom. The Morgan fingerprint density at radius 3 is 2.63 bits per heavy atom. The molecule has 0 radical (unpaired) electrons. The van der Waals surface area contributed by atoms with Crippen molar-refractivity contribution >= 4 is 11.7 Å². The molecule has 0 atom stereocenters. The van der Waals surface area contributed by atoms with E-state index in [4.69, 9.17) is 9.47 Å². The van der Waals surface area contributed by atoms with Crippen molar-refractivity contribution in [1.29, 1.82) is 5.26 Å². The number of piperazine rings is 1. The number of methoxy groups -OCH3 is 2. The van der Waals surface area contributed by atoms with Crippen molar-refractivity contribution in [2.24, 2.45) is 0 Å². The molecule has 1 aliphatic heterocycles. The zero-order valence-corrected chi connectivity index (χ0v) is 15.5. The van der Waals surface area contributed by atoms with Gasteiger partial charge in [-0.25, -0.2) is 4.98 Å². The zero-order valence-electron chi connectivity index (χ0n) is 15.5. The summed E-state index contributed by atoms with van der Waals surface area (Å²) in [7, 11) is 3.19. The average Bonchev–Trinajstić information content (AvgIpc) is 2.73. The van der Waals surface area contributed by atoms with Gasteiger partial charge in [-0.3, -0.25) is 4.79 Å². The summed E-state index contributed by atoms with van der Waals surface area (Å²) in [5, 5.41) is 9.24. The highest BCUT2D eigenvalue weighted by atomic mass is 16.5. The minimum absolute atomic E-state index is 0.0442. The number of benzene rings is 1. The van der Waals surface area contributed by atoms with Crippen LogP contribution in [-0.2, 0) is 11.2 Å². The van der Waals surface area contributed by atoms with E-state index in [1.165, 1.54) is 0 Å². The number of carbonyl (C=O) groups is 1. The molecule has 1 amide bonds. The van der Waals surface area contributed by atoms with E-state index >= 15 is 0 Å². The van der Waals surface area contributed by atoms with Crippen molar-refractivity contribution in [3.8, 4) is 17.6 Å².